The number of nitrogens with two attached hydrogens (primary N) is 1. The van der Waals surface area contributed by atoms with Crippen LogP contribution in [0.25, 0.3) is 0 Å². The standard InChI is InChI=1S/C12H11BrClN3O2S/c1-7-10(15)3-2-4-11(7)20(18,19)17-8-5-9(13)12(14)16-6-8/h2-6,17H,15H2,1H3. The molecule has 0 unspecified atom stereocenters. The molecule has 0 amide bonds. The van der Waals surface area contributed by atoms with Crippen molar-refractivity contribution in [3.8, 4) is 0 Å². The Morgan fingerprint density at radius 2 is 2.10 bits per heavy atom. The summed E-state index contributed by atoms with van der Waals surface area (Å²) in [5, 5.41) is 0.257. The summed E-state index contributed by atoms with van der Waals surface area (Å²) in [5.41, 5.74) is 6.95. The average molecular weight is 377 g/mol. The molecule has 0 aliphatic carbocycles. The molecule has 0 saturated carbocycles. The van der Waals surface area contributed by atoms with Crippen LogP contribution in [-0.2, 0) is 10.0 Å². The normalized spacial score (nSPS) is 11.3. The third kappa shape index (κ3) is 3.05. The minimum absolute atomic E-state index is 0.128. The Morgan fingerprint density at radius 1 is 1.40 bits per heavy atom. The number of halogens is 2. The maximum absolute atomic E-state index is 12.3. The number of nitrogens with zero attached hydrogens (tertiary/aromatic N) is 1. The number of nitrogen functional groups attached to an aromatic ring is 1. The molecule has 0 saturated heterocycles. The second kappa shape index (κ2) is 5.59. The van der Waals surface area contributed by atoms with Gasteiger partial charge in [-0.2, -0.15) is 0 Å². The Morgan fingerprint density at radius 3 is 2.75 bits per heavy atom. The minimum atomic E-state index is -3.73. The topological polar surface area (TPSA) is 85.1 Å². The first kappa shape index (κ1) is 15.1. The zero-order valence-electron chi connectivity index (χ0n) is 10.4. The predicted molar refractivity (Wildman–Crippen MR) is 83.3 cm³/mol. The van der Waals surface area contributed by atoms with E-state index in [4.69, 9.17) is 17.3 Å². The van der Waals surface area contributed by atoms with Gasteiger partial charge in [-0.05, 0) is 46.6 Å². The lowest BCUT2D eigenvalue weighted by Crippen LogP contribution is -2.15. The fourth-order valence-corrected chi connectivity index (χ4v) is 3.37. The van der Waals surface area contributed by atoms with Gasteiger partial charge in [-0.1, -0.05) is 17.7 Å². The Labute approximate surface area is 130 Å². The Kier molecular flexibility index (Phi) is 4.22. The minimum Gasteiger partial charge on any atom is -0.398 e. The number of pyridine rings is 1. The van der Waals surface area contributed by atoms with E-state index in [-0.39, 0.29) is 10.0 Å². The van der Waals surface area contributed by atoms with E-state index in [2.05, 4.69) is 25.6 Å². The van der Waals surface area contributed by atoms with Gasteiger partial charge in [0.05, 0.1) is 21.3 Å². The molecule has 1 heterocycles. The molecule has 106 valence electrons. The number of anilines is 2. The zero-order chi connectivity index (χ0) is 14.9. The second-order valence-electron chi connectivity index (χ2n) is 4.07. The number of aromatic nitrogens is 1. The van der Waals surface area contributed by atoms with E-state index in [0.29, 0.717) is 21.4 Å². The molecular weight excluding hydrogens is 366 g/mol. The van der Waals surface area contributed by atoms with Crippen molar-refractivity contribution in [3.63, 3.8) is 0 Å². The van der Waals surface area contributed by atoms with Gasteiger partial charge in [0.2, 0.25) is 0 Å². The lowest BCUT2D eigenvalue weighted by Gasteiger charge is -2.11. The van der Waals surface area contributed by atoms with Crippen LogP contribution >= 0.6 is 27.5 Å². The van der Waals surface area contributed by atoms with Crippen molar-refractivity contribution in [2.45, 2.75) is 11.8 Å². The van der Waals surface area contributed by atoms with E-state index in [1.54, 1.807) is 19.1 Å². The van der Waals surface area contributed by atoms with Crippen LogP contribution in [0.5, 0.6) is 0 Å². The molecule has 3 N–H and O–H groups in total. The smallest absolute Gasteiger partial charge is 0.262 e. The average Bonchev–Trinajstić information content (AvgIpc) is 2.36. The number of sulfonamides is 1. The van der Waals surface area contributed by atoms with E-state index in [9.17, 15) is 8.42 Å². The van der Waals surface area contributed by atoms with Gasteiger partial charge in [0.25, 0.3) is 10.0 Å². The van der Waals surface area contributed by atoms with Crippen molar-refractivity contribution in [2.24, 2.45) is 0 Å². The quantitative estimate of drug-likeness (QED) is 0.636. The van der Waals surface area contributed by atoms with Gasteiger partial charge in [0.15, 0.2) is 0 Å². The van der Waals surface area contributed by atoms with Crippen LogP contribution in [0.1, 0.15) is 5.56 Å². The van der Waals surface area contributed by atoms with Gasteiger partial charge in [-0.25, -0.2) is 13.4 Å². The predicted octanol–water partition coefficient (Wildman–Crippen LogP) is 3.19. The molecule has 0 aliphatic heterocycles. The molecule has 2 rings (SSSR count). The Hall–Kier alpha value is -1.31. The van der Waals surface area contributed by atoms with E-state index < -0.39 is 10.0 Å². The van der Waals surface area contributed by atoms with E-state index in [1.807, 2.05) is 0 Å². The molecule has 2 aromatic rings. The molecule has 20 heavy (non-hydrogen) atoms. The van der Waals surface area contributed by atoms with Crippen molar-refractivity contribution < 1.29 is 8.42 Å². The summed E-state index contributed by atoms with van der Waals surface area (Å²) in [7, 11) is -3.73. The van der Waals surface area contributed by atoms with Gasteiger partial charge in [0.1, 0.15) is 5.15 Å². The fourth-order valence-electron chi connectivity index (χ4n) is 1.61. The molecule has 0 radical (unpaired) electrons. The van der Waals surface area contributed by atoms with E-state index in [1.165, 1.54) is 18.3 Å². The van der Waals surface area contributed by atoms with Crippen molar-refractivity contribution in [1.29, 1.82) is 0 Å². The van der Waals surface area contributed by atoms with Crippen LogP contribution in [0.15, 0.2) is 39.8 Å². The summed E-state index contributed by atoms with van der Waals surface area (Å²) in [6.07, 6.45) is 1.34. The SMILES string of the molecule is Cc1c(N)cccc1S(=O)(=O)Nc1cnc(Cl)c(Br)c1. The van der Waals surface area contributed by atoms with Crippen molar-refractivity contribution in [2.75, 3.05) is 10.5 Å². The maximum Gasteiger partial charge on any atom is 0.262 e. The molecule has 1 aromatic heterocycles. The van der Waals surface area contributed by atoms with Crippen molar-refractivity contribution >= 4 is 48.9 Å². The lowest BCUT2D eigenvalue weighted by molar-refractivity contribution is 0.600. The number of hydrogen-bond acceptors (Lipinski definition) is 4. The maximum atomic E-state index is 12.3. The summed E-state index contributed by atoms with van der Waals surface area (Å²) in [5.74, 6) is 0. The molecular formula is C12H11BrClN3O2S. The van der Waals surface area contributed by atoms with Crippen LogP contribution in [0.2, 0.25) is 5.15 Å². The van der Waals surface area contributed by atoms with Crippen molar-refractivity contribution in [3.05, 3.63) is 45.7 Å². The molecule has 1 aromatic carbocycles. The fraction of sp³-hybridized carbons (Fsp3) is 0.0833. The molecule has 0 atom stereocenters. The highest BCUT2D eigenvalue weighted by Crippen LogP contribution is 2.26. The zero-order valence-corrected chi connectivity index (χ0v) is 13.6. The van der Waals surface area contributed by atoms with Gasteiger partial charge in [-0.15, -0.1) is 0 Å². The molecule has 5 nitrogen and oxygen atoms in total. The third-order valence-corrected chi connectivity index (χ3v) is 5.32. The van der Waals surface area contributed by atoms with Crippen LogP contribution in [0.4, 0.5) is 11.4 Å². The number of nitrogens with one attached hydrogen (secondary N) is 1. The highest BCUT2D eigenvalue weighted by atomic mass is 79.9. The molecule has 0 bridgehead atoms. The van der Waals surface area contributed by atoms with E-state index >= 15 is 0 Å². The van der Waals surface area contributed by atoms with Crippen LogP contribution in [0, 0.1) is 6.92 Å². The first-order valence-corrected chi connectivity index (χ1v) is 8.15. The number of hydrogen-bond donors (Lipinski definition) is 2. The first-order chi connectivity index (χ1) is 9.31. The monoisotopic (exact) mass is 375 g/mol. The largest absolute Gasteiger partial charge is 0.398 e. The third-order valence-electron chi connectivity index (χ3n) is 2.66. The molecule has 0 aliphatic rings. The number of rotatable bonds is 3. The van der Waals surface area contributed by atoms with E-state index in [0.717, 1.165) is 0 Å². The molecule has 8 heteroatoms. The highest BCUT2D eigenvalue weighted by Gasteiger charge is 2.18. The Balaban J connectivity index is 2.41. The van der Waals surface area contributed by atoms with Crippen molar-refractivity contribution in [1.82, 2.24) is 4.98 Å². The van der Waals surface area contributed by atoms with Gasteiger partial charge in [-0.3, -0.25) is 4.72 Å². The summed E-state index contributed by atoms with van der Waals surface area (Å²) in [4.78, 5) is 3.99. The van der Waals surface area contributed by atoms with Gasteiger partial charge >= 0.3 is 0 Å². The summed E-state index contributed by atoms with van der Waals surface area (Å²) < 4.78 is 27.6. The second-order valence-corrected chi connectivity index (χ2v) is 6.94. The van der Waals surface area contributed by atoms with Crippen LogP contribution < -0.4 is 10.5 Å². The Bertz CT molecular complexity index is 765. The summed E-state index contributed by atoms with van der Waals surface area (Å²) in [6, 6.07) is 6.27. The van der Waals surface area contributed by atoms with Crippen LogP contribution in [-0.4, -0.2) is 13.4 Å². The lowest BCUT2D eigenvalue weighted by atomic mass is 10.2. The van der Waals surface area contributed by atoms with Crippen LogP contribution in [0.3, 0.4) is 0 Å². The van der Waals surface area contributed by atoms with Gasteiger partial charge < -0.3 is 5.73 Å². The summed E-state index contributed by atoms with van der Waals surface area (Å²) in [6.45, 7) is 1.65. The molecule has 0 fully saturated rings. The van der Waals surface area contributed by atoms with Gasteiger partial charge in [0, 0.05) is 5.69 Å². The summed E-state index contributed by atoms with van der Waals surface area (Å²) >= 11 is 8.95. The number of benzene rings is 1. The highest BCUT2D eigenvalue weighted by molar-refractivity contribution is 9.10. The first-order valence-electron chi connectivity index (χ1n) is 5.50. The molecule has 0 spiro atoms.